The van der Waals surface area contributed by atoms with Gasteiger partial charge in [0.2, 0.25) is 0 Å². The lowest BCUT2D eigenvalue weighted by Gasteiger charge is -2.24. The van der Waals surface area contributed by atoms with Crippen molar-refractivity contribution in [2.45, 2.75) is 31.7 Å². The second-order valence-corrected chi connectivity index (χ2v) is 5.78. The standard InChI is InChI=1S/C11H21ClN2O2/c1-11(2,3)16-10(15)14-6-8(5-13-4)9(12)7-14/h8-9,13H,5-7H2,1-4H3. The van der Waals surface area contributed by atoms with Gasteiger partial charge in [-0.1, -0.05) is 0 Å². The lowest BCUT2D eigenvalue weighted by atomic mass is 10.1. The van der Waals surface area contributed by atoms with Gasteiger partial charge in [0.1, 0.15) is 5.60 Å². The fourth-order valence-electron chi connectivity index (χ4n) is 1.76. The Morgan fingerprint density at radius 1 is 1.50 bits per heavy atom. The van der Waals surface area contributed by atoms with Crippen LogP contribution in [0.15, 0.2) is 0 Å². The molecule has 0 aliphatic carbocycles. The van der Waals surface area contributed by atoms with Crippen LogP contribution in [-0.2, 0) is 4.74 Å². The Balaban J connectivity index is 2.48. The lowest BCUT2D eigenvalue weighted by molar-refractivity contribution is 0.0288. The molecule has 0 saturated carbocycles. The van der Waals surface area contributed by atoms with E-state index >= 15 is 0 Å². The van der Waals surface area contributed by atoms with E-state index in [9.17, 15) is 4.79 Å². The summed E-state index contributed by atoms with van der Waals surface area (Å²) >= 11 is 6.18. The quantitative estimate of drug-likeness (QED) is 0.756. The first-order valence-electron chi connectivity index (χ1n) is 5.60. The van der Waals surface area contributed by atoms with Crippen LogP contribution in [0.3, 0.4) is 0 Å². The van der Waals surface area contributed by atoms with Gasteiger partial charge in [0.05, 0.1) is 5.38 Å². The first-order chi connectivity index (χ1) is 7.33. The average Bonchev–Trinajstić information content (AvgIpc) is 2.46. The highest BCUT2D eigenvalue weighted by Gasteiger charge is 2.35. The minimum Gasteiger partial charge on any atom is -0.444 e. The zero-order valence-corrected chi connectivity index (χ0v) is 11.2. The molecule has 1 aliphatic rings. The number of carbonyl (C=O) groups excluding carboxylic acids is 1. The Hall–Kier alpha value is -0.480. The average molecular weight is 249 g/mol. The van der Waals surface area contributed by atoms with E-state index in [0.29, 0.717) is 19.0 Å². The van der Waals surface area contributed by atoms with Crippen LogP contribution in [0.5, 0.6) is 0 Å². The highest BCUT2D eigenvalue weighted by Crippen LogP contribution is 2.23. The molecule has 94 valence electrons. The molecule has 0 radical (unpaired) electrons. The molecule has 1 saturated heterocycles. The molecule has 2 unspecified atom stereocenters. The molecule has 1 amide bonds. The maximum atomic E-state index is 11.8. The molecule has 4 nitrogen and oxygen atoms in total. The van der Waals surface area contributed by atoms with Gasteiger partial charge in [0.15, 0.2) is 0 Å². The number of ether oxygens (including phenoxy) is 1. The molecule has 16 heavy (non-hydrogen) atoms. The van der Waals surface area contributed by atoms with Crippen molar-refractivity contribution in [1.29, 1.82) is 0 Å². The van der Waals surface area contributed by atoms with Crippen LogP contribution < -0.4 is 5.32 Å². The van der Waals surface area contributed by atoms with Crippen molar-refractivity contribution in [3.05, 3.63) is 0 Å². The summed E-state index contributed by atoms with van der Waals surface area (Å²) in [7, 11) is 1.89. The van der Waals surface area contributed by atoms with Crippen LogP contribution in [-0.4, -0.2) is 48.7 Å². The summed E-state index contributed by atoms with van der Waals surface area (Å²) in [6, 6.07) is 0. The number of halogens is 1. The third-order valence-electron chi connectivity index (χ3n) is 2.48. The fourth-order valence-corrected chi connectivity index (χ4v) is 2.10. The molecule has 0 bridgehead atoms. The van der Waals surface area contributed by atoms with Crippen LogP contribution in [0.25, 0.3) is 0 Å². The number of likely N-dealkylation sites (tertiary alicyclic amines) is 1. The number of amides is 1. The van der Waals surface area contributed by atoms with E-state index in [1.165, 1.54) is 0 Å². The fraction of sp³-hybridized carbons (Fsp3) is 0.909. The normalized spacial score (nSPS) is 25.9. The van der Waals surface area contributed by atoms with Gasteiger partial charge in [-0.3, -0.25) is 0 Å². The van der Waals surface area contributed by atoms with Gasteiger partial charge in [-0.2, -0.15) is 0 Å². The molecule has 1 heterocycles. The minimum atomic E-state index is -0.444. The number of nitrogens with one attached hydrogen (secondary N) is 1. The molecule has 0 aromatic rings. The van der Waals surface area contributed by atoms with Crippen LogP contribution in [0.4, 0.5) is 4.79 Å². The molecule has 0 spiro atoms. The lowest BCUT2D eigenvalue weighted by Crippen LogP contribution is -2.36. The van der Waals surface area contributed by atoms with Gasteiger partial charge in [0.25, 0.3) is 0 Å². The van der Waals surface area contributed by atoms with Crippen molar-refractivity contribution < 1.29 is 9.53 Å². The van der Waals surface area contributed by atoms with Gasteiger partial charge < -0.3 is 15.0 Å². The first kappa shape index (κ1) is 13.6. The highest BCUT2D eigenvalue weighted by molar-refractivity contribution is 6.21. The Morgan fingerprint density at radius 2 is 2.12 bits per heavy atom. The molecular formula is C11H21ClN2O2. The van der Waals surface area contributed by atoms with E-state index in [0.717, 1.165) is 6.54 Å². The van der Waals surface area contributed by atoms with Crippen LogP contribution >= 0.6 is 11.6 Å². The summed E-state index contributed by atoms with van der Waals surface area (Å²) in [5.41, 5.74) is -0.444. The summed E-state index contributed by atoms with van der Waals surface area (Å²) in [6.45, 7) is 7.67. The van der Waals surface area contributed by atoms with Gasteiger partial charge in [0, 0.05) is 25.6 Å². The SMILES string of the molecule is CNCC1CN(C(=O)OC(C)(C)C)CC1Cl. The molecule has 0 aromatic heterocycles. The molecule has 5 heteroatoms. The van der Waals surface area contributed by atoms with Crippen LogP contribution in [0.1, 0.15) is 20.8 Å². The number of carbonyl (C=O) groups is 1. The highest BCUT2D eigenvalue weighted by atomic mass is 35.5. The van der Waals surface area contributed by atoms with Crippen molar-refractivity contribution in [1.82, 2.24) is 10.2 Å². The molecule has 1 N–H and O–H groups in total. The molecule has 0 aromatic carbocycles. The van der Waals surface area contributed by atoms with Gasteiger partial charge in [-0.15, -0.1) is 11.6 Å². The summed E-state index contributed by atoms with van der Waals surface area (Å²) in [4.78, 5) is 13.5. The predicted octanol–water partition coefficient (Wildman–Crippen LogP) is 1.68. The predicted molar refractivity (Wildman–Crippen MR) is 64.9 cm³/mol. The monoisotopic (exact) mass is 248 g/mol. The van der Waals surface area contributed by atoms with E-state index in [-0.39, 0.29) is 11.5 Å². The zero-order valence-electron chi connectivity index (χ0n) is 10.4. The van der Waals surface area contributed by atoms with Crippen molar-refractivity contribution in [3.63, 3.8) is 0 Å². The van der Waals surface area contributed by atoms with Crippen molar-refractivity contribution in [2.24, 2.45) is 5.92 Å². The van der Waals surface area contributed by atoms with Crippen LogP contribution in [0, 0.1) is 5.92 Å². The van der Waals surface area contributed by atoms with E-state index in [2.05, 4.69) is 5.32 Å². The first-order valence-corrected chi connectivity index (χ1v) is 6.03. The Labute approximate surface area is 102 Å². The van der Waals surface area contributed by atoms with Gasteiger partial charge in [-0.05, 0) is 27.8 Å². The summed E-state index contributed by atoms with van der Waals surface area (Å²) in [5, 5.41) is 3.10. The van der Waals surface area contributed by atoms with Crippen molar-refractivity contribution >= 4 is 17.7 Å². The largest absolute Gasteiger partial charge is 0.444 e. The number of nitrogens with zero attached hydrogens (tertiary/aromatic N) is 1. The van der Waals surface area contributed by atoms with Crippen molar-refractivity contribution in [3.8, 4) is 0 Å². The summed E-state index contributed by atoms with van der Waals surface area (Å²) < 4.78 is 5.30. The second kappa shape index (κ2) is 5.23. The Morgan fingerprint density at radius 3 is 2.62 bits per heavy atom. The topological polar surface area (TPSA) is 41.6 Å². The number of hydrogen-bond donors (Lipinski definition) is 1. The minimum absolute atomic E-state index is 0.0139. The Bertz CT molecular complexity index is 253. The van der Waals surface area contributed by atoms with E-state index in [1.807, 2.05) is 27.8 Å². The molecule has 1 aliphatic heterocycles. The van der Waals surface area contributed by atoms with Crippen molar-refractivity contribution in [2.75, 3.05) is 26.7 Å². The maximum absolute atomic E-state index is 11.8. The third-order valence-corrected chi connectivity index (χ3v) is 2.97. The van der Waals surface area contributed by atoms with Gasteiger partial charge in [-0.25, -0.2) is 4.79 Å². The number of rotatable bonds is 2. The summed E-state index contributed by atoms with van der Waals surface area (Å²) in [5.74, 6) is 0.305. The van der Waals surface area contributed by atoms with E-state index in [1.54, 1.807) is 4.90 Å². The van der Waals surface area contributed by atoms with Gasteiger partial charge >= 0.3 is 6.09 Å². The Kier molecular flexibility index (Phi) is 4.44. The molecule has 2 atom stereocenters. The third kappa shape index (κ3) is 3.83. The summed E-state index contributed by atoms with van der Waals surface area (Å²) in [6.07, 6.45) is -0.267. The second-order valence-electron chi connectivity index (χ2n) is 5.22. The van der Waals surface area contributed by atoms with E-state index in [4.69, 9.17) is 16.3 Å². The molecule has 1 fully saturated rings. The van der Waals surface area contributed by atoms with E-state index < -0.39 is 5.60 Å². The van der Waals surface area contributed by atoms with Crippen LogP contribution in [0.2, 0.25) is 0 Å². The smallest absolute Gasteiger partial charge is 0.410 e. The zero-order chi connectivity index (χ0) is 12.3. The molecule has 1 rings (SSSR count). The molecular weight excluding hydrogens is 228 g/mol. The number of alkyl halides is 1. The maximum Gasteiger partial charge on any atom is 0.410 e. The number of hydrogen-bond acceptors (Lipinski definition) is 3.